The van der Waals surface area contributed by atoms with Gasteiger partial charge in [0.2, 0.25) is 0 Å². The van der Waals surface area contributed by atoms with E-state index in [1.54, 1.807) is 10.9 Å². The van der Waals surface area contributed by atoms with Crippen LogP contribution in [0.4, 0.5) is 0 Å². The lowest BCUT2D eigenvalue weighted by Gasteiger charge is -2.12. The third kappa shape index (κ3) is 2.51. The molecule has 0 amide bonds. The minimum atomic E-state index is -0.832. The van der Waals surface area contributed by atoms with Gasteiger partial charge in [-0.25, -0.2) is 4.68 Å². The molecule has 2 heterocycles. The molecule has 100 valence electrons. The van der Waals surface area contributed by atoms with Gasteiger partial charge in [0.1, 0.15) is 11.8 Å². The van der Waals surface area contributed by atoms with Gasteiger partial charge in [0, 0.05) is 6.54 Å². The molecule has 3 N–H and O–H groups in total. The molecule has 6 heteroatoms. The predicted octanol–water partition coefficient (Wildman–Crippen LogP) is -0.308. The van der Waals surface area contributed by atoms with E-state index in [1.165, 1.54) is 0 Å². The molecule has 0 saturated carbocycles. The monoisotopic (exact) mass is 260 g/mol. The quantitative estimate of drug-likeness (QED) is 0.705. The highest BCUT2D eigenvalue weighted by Crippen LogP contribution is 2.22. The molecule has 6 nitrogen and oxygen atoms in total. The first-order valence-electron chi connectivity index (χ1n) is 6.27. The van der Waals surface area contributed by atoms with Crippen molar-refractivity contribution in [1.82, 2.24) is 20.3 Å². The van der Waals surface area contributed by atoms with Crippen LogP contribution in [0, 0.1) is 0 Å². The maximum atomic E-state index is 9.82. The van der Waals surface area contributed by atoms with E-state index in [1.807, 2.05) is 30.3 Å². The molecule has 0 bridgehead atoms. The standard InChI is InChI=1S/C13H16N4O2/c18-11-6-14-12(13(11)19)10-8-17(16-15-10)7-9-4-2-1-3-5-9/h1-5,8,11-14,18-19H,6-7H2/t11-,12-,13-/m1/s1. The Hall–Kier alpha value is -1.76. The number of aromatic nitrogens is 3. The fourth-order valence-corrected chi connectivity index (χ4v) is 2.29. The van der Waals surface area contributed by atoms with E-state index in [0.29, 0.717) is 18.8 Å². The third-order valence-corrected chi connectivity index (χ3v) is 3.35. The number of nitrogens with one attached hydrogen (secondary N) is 1. The van der Waals surface area contributed by atoms with Crippen LogP contribution >= 0.6 is 0 Å². The highest BCUT2D eigenvalue weighted by Gasteiger charge is 2.35. The van der Waals surface area contributed by atoms with Gasteiger partial charge in [-0.1, -0.05) is 35.5 Å². The Labute approximate surface area is 110 Å². The minimum Gasteiger partial charge on any atom is -0.389 e. The van der Waals surface area contributed by atoms with Crippen molar-refractivity contribution in [2.45, 2.75) is 24.8 Å². The Bertz CT molecular complexity index is 543. The van der Waals surface area contributed by atoms with Crippen LogP contribution in [0.15, 0.2) is 36.5 Å². The largest absolute Gasteiger partial charge is 0.389 e. The topological polar surface area (TPSA) is 83.2 Å². The van der Waals surface area contributed by atoms with Crippen molar-refractivity contribution < 1.29 is 10.2 Å². The number of aliphatic hydroxyl groups excluding tert-OH is 2. The Morgan fingerprint density at radius 1 is 1.26 bits per heavy atom. The van der Waals surface area contributed by atoms with Gasteiger partial charge in [0.25, 0.3) is 0 Å². The number of nitrogens with zero attached hydrogens (tertiary/aromatic N) is 3. The molecule has 1 saturated heterocycles. The average Bonchev–Trinajstić information content (AvgIpc) is 3.00. The number of hydrogen-bond acceptors (Lipinski definition) is 5. The summed E-state index contributed by atoms with van der Waals surface area (Å²) < 4.78 is 1.73. The highest BCUT2D eigenvalue weighted by molar-refractivity contribution is 5.15. The molecule has 0 radical (unpaired) electrons. The summed E-state index contributed by atoms with van der Waals surface area (Å²) in [5.74, 6) is 0. The van der Waals surface area contributed by atoms with Crippen LogP contribution in [-0.2, 0) is 6.54 Å². The number of aliphatic hydroxyl groups is 2. The van der Waals surface area contributed by atoms with Crippen LogP contribution in [0.1, 0.15) is 17.3 Å². The van der Waals surface area contributed by atoms with E-state index < -0.39 is 12.2 Å². The smallest absolute Gasteiger partial charge is 0.102 e. The van der Waals surface area contributed by atoms with Crippen LogP contribution in [0.25, 0.3) is 0 Å². The summed E-state index contributed by atoms with van der Waals surface area (Å²) in [7, 11) is 0. The molecule has 1 fully saturated rings. The molecule has 0 aliphatic carbocycles. The molecule has 2 aromatic rings. The van der Waals surface area contributed by atoms with Crippen LogP contribution in [-0.4, -0.2) is 44.0 Å². The van der Waals surface area contributed by atoms with Gasteiger partial charge in [0.05, 0.1) is 24.9 Å². The minimum absolute atomic E-state index is 0.348. The average molecular weight is 260 g/mol. The lowest BCUT2D eigenvalue weighted by atomic mass is 10.1. The van der Waals surface area contributed by atoms with Crippen molar-refractivity contribution >= 4 is 0 Å². The van der Waals surface area contributed by atoms with Crippen molar-refractivity contribution in [3.63, 3.8) is 0 Å². The molecule has 1 aromatic carbocycles. The van der Waals surface area contributed by atoms with E-state index in [-0.39, 0.29) is 6.04 Å². The van der Waals surface area contributed by atoms with Crippen LogP contribution in [0.2, 0.25) is 0 Å². The first-order chi connectivity index (χ1) is 9.24. The first kappa shape index (κ1) is 12.3. The Morgan fingerprint density at radius 3 is 2.74 bits per heavy atom. The summed E-state index contributed by atoms with van der Waals surface area (Å²) >= 11 is 0. The molecule has 3 atom stereocenters. The Kier molecular flexibility index (Phi) is 3.29. The summed E-state index contributed by atoms with van der Waals surface area (Å²) in [6.07, 6.45) is 0.220. The molecule has 3 rings (SSSR count). The summed E-state index contributed by atoms with van der Waals surface area (Å²) in [6, 6.07) is 9.62. The van der Waals surface area contributed by atoms with Gasteiger partial charge in [-0.3, -0.25) is 0 Å². The zero-order valence-electron chi connectivity index (χ0n) is 10.3. The molecule has 0 unspecified atom stereocenters. The zero-order valence-corrected chi connectivity index (χ0v) is 10.3. The van der Waals surface area contributed by atoms with E-state index >= 15 is 0 Å². The van der Waals surface area contributed by atoms with Crippen molar-refractivity contribution in [1.29, 1.82) is 0 Å². The predicted molar refractivity (Wildman–Crippen MR) is 68.3 cm³/mol. The number of hydrogen-bond donors (Lipinski definition) is 3. The van der Waals surface area contributed by atoms with Crippen molar-refractivity contribution in [3.8, 4) is 0 Å². The SMILES string of the molecule is O[C@@H]1[C@H](O)CN[C@@H]1c1cn(Cc2ccccc2)nn1. The highest BCUT2D eigenvalue weighted by atomic mass is 16.3. The maximum absolute atomic E-state index is 9.82. The Balaban J connectivity index is 1.73. The van der Waals surface area contributed by atoms with Gasteiger partial charge >= 0.3 is 0 Å². The van der Waals surface area contributed by atoms with Crippen molar-refractivity contribution in [3.05, 3.63) is 47.8 Å². The summed E-state index contributed by atoms with van der Waals surface area (Å²) in [5.41, 5.74) is 1.79. The third-order valence-electron chi connectivity index (χ3n) is 3.35. The van der Waals surface area contributed by atoms with Crippen LogP contribution in [0.5, 0.6) is 0 Å². The van der Waals surface area contributed by atoms with Crippen molar-refractivity contribution in [2.24, 2.45) is 0 Å². The van der Waals surface area contributed by atoms with E-state index in [9.17, 15) is 10.2 Å². The molecular formula is C13H16N4O2. The van der Waals surface area contributed by atoms with Crippen LogP contribution < -0.4 is 5.32 Å². The van der Waals surface area contributed by atoms with Gasteiger partial charge in [-0.05, 0) is 5.56 Å². The van der Waals surface area contributed by atoms with Gasteiger partial charge < -0.3 is 15.5 Å². The summed E-state index contributed by atoms with van der Waals surface area (Å²) in [6.45, 7) is 1.01. The fraction of sp³-hybridized carbons (Fsp3) is 0.385. The summed E-state index contributed by atoms with van der Waals surface area (Å²) in [4.78, 5) is 0. The fourth-order valence-electron chi connectivity index (χ4n) is 2.29. The normalized spacial score (nSPS) is 26.7. The second-order valence-electron chi connectivity index (χ2n) is 4.77. The van der Waals surface area contributed by atoms with Gasteiger partial charge in [-0.15, -0.1) is 5.10 Å². The van der Waals surface area contributed by atoms with Gasteiger partial charge in [0.15, 0.2) is 0 Å². The molecule has 1 aromatic heterocycles. The second kappa shape index (κ2) is 5.08. The molecular weight excluding hydrogens is 244 g/mol. The lowest BCUT2D eigenvalue weighted by Crippen LogP contribution is -2.26. The zero-order chi connectivity index (χ0) is 13.2. The number of β-amino-alcohol motifs (C(OH)–C–C–N with tert-alkyl or cyclic N) is 1. The maximum Gasteiger partial charge on any atom is 0.102 e. The Morgan fingerprint density at radius 2 is 2.05 bits per heavy atom. The molecule has 19 heavy (non-hydrogen) atoms. The van der Waals surface area contributed by atoms with E-state index in [0.717, 1.165) is 5.56 Å². The summed E-state index contributed by atoms with van der Waals surface area (Å²) in [5, 5.41) is 30.5. The van der Waals surface area contributed by atoms with E-state index in [4.69, 9.17) is 0 Å². The number of rotatable bonds is 3. The lowest BCUT2D eigenvalue weighted by molar-refractivity contribution is 0.0398. The first-order valence-corrected chi connectivity index (χ1v) is 6.27. The number of benzene rings is 1. The molecule has 1 aliphatic heterocycles. The van der Waals surface area contributed by atoms with Crippen molar-refractivity contribution in [2.75, 3.05) is 6.54 Å². The second-order valence-corrected chi connectivity index (χ2v) is 4.77. The van der Waals surface area contributed by atoms with Gasteiger partial charge in [-0.2, -0.15) is 0 Å². The molecule has 0 spiro atoms. The van der Waals surface area contributed by atoms with E-state index in [2.05, 4.69) is 15.6 Å². The molecule has 1 aliphatic rings. The van der Waals surface area contributed by atoms with Crippen LogP contribution in [0.3, 0.4) is 0 Å².